The van der Waals surface area contributed by atoms with Crippen LogP contribution in [0.15, 0.2) is 0 Å². The summed E-state index contributed by atoms with van der Waals surface area (Å²) in [5.41, 5.74) is -0.160. The van der Waals surface area contributed by atoms with Crippen molar-refractivity contribution in [2.75, 3.05) is 13.2 Å². The summed E-state index contributed by atoms with van der Waals surface area (Å²) in [6.07, 6.45) is -0.236. The van der Waals surface area contributed by atoms with Crippen LogP contribution in [0.2, 0.25) is 0 Å². The fourth-order valence-corrected chi connectivity index (χ4v) is 1.68. The largest absolute Gasteiger partial charge is 0.446 e. The normalized spacial score (nSPS) is 27.6. The molecule has 82 valence electrons. The maximum Gasteiger partial charge on any atom is 0.294 e. The number of hydrogen-bond acceptors (Lipinski definition) is 4. The molecule has 0 amide bonds. The van der Waals surface area contributed by atoms with Gasteiger partial charge in [-0.2, -0.15) is 0 Å². The van der Waals surface area contributed by atoms with Gasteiger partial charge in [0, 0.05) is 12.6 Å². The minimum atomic E-state index is -0.236. The third-order valence-electron chi connectivity index (χ3n) is 2.43. The molecule has 0 aromatic carbocycles. The first-order valence-electron chi connectivity index (χ1n) is 4.95. The molecule has 1 aliphatic rings. The van der Waals surface area contributed by atoms with Crippen LogP contribution in [0.4, 0.5) is 0 Å². The minimum absolute atomic E-state index is 0.160. The second kappa shape index (κ2) is 4.28. The molecule has 1 rings (SSSR count). The highest BCUT2D eigenvalue weighted by atomic mass is 16.6. The van der Waals surface area contributed by atoms with Gasteiger partial charge in [-0.15, -0.1) is 0 Å². The van der Waals surface area contributed by atoms with Gasteiger partial charge < -0.3 is 9.47 Å². The molecule has 1 saturated heterocycles. The molecule has 0 unspecified atom stereocenters. The van der Waals surface area contributed by atoms with Gasteiger partial charge in [0.1, 0.15) is 0 Å². The number of hydrogen-bond donors (Lipinski definition) is 0. The maximum atomic E-state index is 10.3. The van der Waals surface area contributed by atoms with Crippen molar-refractivity contribution in [1.82, 2.24) is 4.90 Å². The summed E-state index contributed by atoms with van der Waals surface area (Å²) in [6, 6.07) is 0.350. The highest BCUT2D eigenvalue weighted by Crippen LogP contribution is 2.22. The van der Waals surface area contributed by atoms with Crippen LogP contribution >= 0.6 is 0 Å². The van der Waals surface area contributed by atoms with E-state index < -0.39 is 0 Å². The van der Waals surface area contributed by atoms with Crippen molar-refractivity contribution in [2.24, 2.45) is 0 Å². The second-order valence-corrected chi connectivity index (χ2v) is 4.52. The molecule has 1 heterocycles. The Kier molecular flexibility index (Phi) is 3.50. The Balaban J connectivity index is 2.65. The van der Waals surface area contributed by atoms with E-state index in [0.29, 0.717) is 19.1 Å². The summed E-state index contributed by atoms with van der Waals surface area (Å²) in [6.45, 7) is 9.97. The van der Waals surface area contributed by atoms with E-state index in [1.807, 2.05) is 13.8 Å². The molecule has 1 fully saturated rings. The standard InChI is InChI=1S/C10H19NO3/c1-8(2)11-6-10(3,4)14-5-9(11)13-7-12/h7-9H,5-6H2,1-4H3/t9-/m1/s1. The van der Waals surface area contributed by atoms with Gasteiger partial charge >= 0.3 is 0 Å². The molecule has 4 nitrogen and oxygen atoms in total. The molecule has 0 aromatic heterocycles. The molecular formula is C10H19NO3. The number of carbonyl (C=O) groups excluding carboxylic acids is 1. The lowest BCUT2D eigenvalue weighted by molar-refractivity contribution is -0.198. The van der Waals surface area contributed by atoms with Gasteiger partial charge in [-0.25, -0.2) is 0 Å². The first-order valence-corrected chi connectivity index (χ1v) is 4.95. The fraction of sp³-hybridized carbons (Fsp3) is 0.900. The van der Waals surface area contributed by atoms with E-state index in [4.69, 9.17) is 9.47 Å². The zero-order chi connectivity index (χ0) is 10.8. The zero-order valence-electron chi connectivity index (χ0n) is 9.32. The molecule has 0 aliphatic carbocycles. The summed E-state index contributed by atoms with van der Waals surface area (Å²) < 4.78 is 10.6. The third-order valence-corrected chi connectivity index (χ3v) is 2.43. The predicted octanol–water partition coefficient (Wildman–Crippen LogP) is 1.00. The Morgan fingerprint density at radius 2 is 2.21 bits per heavy atom. The Bertz CT molecular complexity index is 204. The van der Waals surface area contributed by atoms with Crippen LogP contribution in [-0.2, 0) is 14.3 Å². The van der Waals surface area contributed by atoms with Crippen LogP contribution in [0.5, 0.6) is 0 Å². The molecule has 0 aromatic rings. The van der Waals surface area contributed by atoms with Gasteiger partial charge in [0.25, 0.3) is 6.47 Å². The van der Waals surface area contributed by atoms with Crippen LogP contribution in [0.25, 0.3) is 0 Å². The zero-order valence-corrected chi connectivity index (χ0v) is 9.32. The summed E-state index contributed by atoms with van der Waals surface area (Å²) >= 11 is 0. The van der Waals surface area contributed by atoms with Crippen LogP contribution in [0.3, 0.4) is 0 Å². The average Bonchev–Trinajstić information content (AvgIpc) is 2.08. The monoisotopic (exact) mass is 201 g/mol. The van der Waals surface area contributed by atoms with E-state index in [2.05, 4.69) is 18.7 Å². The fourth-order valence-electron chi connectivity index (χ4n) is 1.68. The molecule has 1 aliphatic heterocycles. The van der Waals surface area contributed by atoms with Crippen molar-refractivity contribution in [3.05, 3.63) is 0 Å². The van der Waals surface area contributed by atoms with Crippen molar-refractivity contribution in [3.63, 3.8) is 0 Å². The molecule has 0 N–H and O–H groups in total. The number of nitrogens with zero attached hydrogens (tertiary/aromatic N) is 1. The molecule has 0 radical (unpaired) electrons. The lowest BCUT2D eigenvalue weighted by Crippen LogP contribution is -2.57. The van der Waals surface area contributed by atoms with Crippen molar-refractivity contribution in [3.8, 4) is 0 Å². The summed E-state index contributed by atoms with van der Waals surface area (Å²) in [5.74, 6) is 0. The third kappa shape index (κ3) is 2.69. The van der Waals surface area contributed by atoms with Crippen LogP contribution in [0.1, 0.15) is 27.7 Å². The molecular weight excluding hydrogens is 182 g/mol. The average molecular weight is 201 g/mol. The van der Waals surface area contributed by atoms with Gasteiger partial charge in [0.15, 0.2) is 6.23 Å². The number of ether oxygens (including phenoxy) is 2. The predicted molar refractivity (Wildman–Crippen MR) is 52.8 cm³/mol. The number of morpholine rings is 1. The summed E-state index contributed by atoms with van der Waals surface area (Å²) in [4.78, 5) is 12.4. The van der Waals surface area contributed by atoms with Gasteiger partial charge in [0.05, 0.1) is 12.2 Å². The SMILES string of the molecule is CC(C)N1CC(C)(C)OC[C@H]1OC=O. The molecule has 14 heavy (non-hydrogen) atoms. The first-order chi connectivity index (χ1) is 6.46. The lowest BCUT2D eigenvalue weighted by atomic mass is 10.1. The molecule has 0 spiro atoms. The molecule has 4 heteroatoms. The van der Waals surface area contributed by atoms with E-state index >= 15 is 0 Å². The van der Waals surface area contributed by atoms with E-state index in [1.54, 1.807) is 0 Å². The highest BCUT2D eigenvalue weighted by Gasteiger charge is 2.35. The Labute approximate surface area is 85.2 Å². The minimum Gasteiger partial charge on any atom is -0.446 e. The quantitative estimate of drug-likeness (QED) is 0.639. The van der Waals surface area contributed by atoms with Crippen LogP contribution in [-0.4, -0.2) is 42.4 Å². The van der Waals surface area contributed by atoms with Crippen molar-refractivity contribution in [1.29, 1.82) is 0 Å². The highest BCUT2D eigenvalue weighted by molar-refractivity contribution is 5.37. The van der Waals surface area contributed by atoms with Gasteiger partial charge in [-0.05, 0) is 27.7 Å². The van der Waals surface area contributed by atoms with Gasteiger partial charge in [-0.3, -0.25) is 9.69 Å². The molecule has 0 saturated carbocycles. The Morgan fingerprint density at radius 3 is 2.71 bits per heavy atom. The number of rotatable bonds is 3. The van der Waals surface area contributed by atoms with Crippen LogP contribution in [0, 0.1) is 0 Å². The van der Waals surface area contributed by atoms with Gasteiger partial charge in [-0.1, -0.05) is 0 Å². The van der Waals surface area contributed by atoms with Gasteiger partial charge in [0.2, 0.25) is 0 Å². The summed E-state index contributed by atoms with van der Waals surface area (Å²) in [7, 11) is 0. The van der Waals surface area contributed by atoms with E-state index in [-0.39, 0.29) is 11.8 Å². The lowest BCUT2D eigenvalue weighted by Gasteiger charge is -2.44. The smallest absolute Gasteiger partial charge is 0.294 e. The Hall–Kier alpha value is -0.610. The van der Waals surface area contributed by atoms with Crippen molar-refractivity contribution in [2.45, 2.75) is 45.6 Å². The second-order valence-electron chi connectivity index (χ2n) is 4.52. The van der Waals surface area contributed by atoms with E-state index in [0.717, 1.165) is 6.54 Å². The molecule has 1 atom stereocenters. The number of carbonyl (C=O) groups is 1. The van der Waals surface area contributed by atoms with Crippen molar-refractivity contribution >= 4 is 6.47 Å². The Morgan fingerprint density at radius 1 is 1.57 bits per heavy atom. The van der Waals surface area contributed by atoms with Crippen molar-refractivity contribution < 1.29 is 14.3 Å². The summed E-state index contributed by atoms with van der Waals surface area (Å²) in [5, 5.41) is 0. The maximum absolute atomic E-state index is 10.3. The first kappa shape index (κ1) is 11.5. The van der Waals surface area contributed by atoms with E-state index in [1.165, 1.54) is 0 Å². The van der Waals surface area contributed by atoms with E-state index in [9.17, 15) is 4.79 Å². The van der Waals surface area contributed by atoms with Crippen LogP contribution < -0.4 is 0 Å². The molecule has 0 bridgehead atoms. The topological polar surface area (TPSA) is 38.8 Å².